The van der Waals surface area contributed by atoms with Gasteiger partial charge >= 0.3 is 10.2 Å². The van der Waals surface area contributed by atoms with Gasteiger partial charge in [0.05, 0.1) is 21.2 Å². The summed E-state index contributed by atoms with van der Waals surface area (Å²) in [5.41, 5.74) is 1.86. The average molecular weight is 403 g/mol. The molecule has 2 aliphatic heterocycles. The molecule has 4 rings (SSSR count). The largest absolute Gasteiger partial charge is 0.358 e. The zero-order valence-corrected chi connectivity index (χ0v) is 15.7. The highest BCUT2D eigenvalue weighted by Gasteiger charge is 2.37. The summed E-state index contributed by atoms with van der Waals surface area (Å²) < 4.78 is 29.3. The highest BCUT2D eigenvalue weighted by atomic mass is 35.5. The van der Waals surface area contributed by atoms with Crippen LogP contribution in [-0.4, -0.2) is 48.1 Å². The molecule has 0 unspecified atom stereocenters. The van der Waals surface area contributed by atoms with Crippen LogP contribution < -0.4 is 4.72 Å². The van der Waals surface area contributed by atoms with E-state index in [0.717, 1.165) is 5.56 Å². The lowest BCUT2D eigenvalue weighted by Gasteiger charge is -2.41. The molecule has 2 aromatic rings. The molecule has 0 atom stereocenters. The molecule has 10 heteroatoms. The minimum absolute atomic E-state index is 0.0130. The topological polar surface area (TPSA) is 85.5 Å². The zero-order valence-electron chi connectivity index (χ0n) is 13.3. The molecular formula is C15H16Cl2N4O3S. The lowest BCUT2D eigenvalue weighted by atomic mass is 10.00. The smallest absolute Gasteiger partial charge is 0.302 e. The summed E-state index contributed by atoms with van der Waals surface area (Å²) in [5.74, 6) is 0.153. The van der Waals surface area contributed by atoms with E-state index in [1.54, 1.807) is 17.2 Å². The van der Waals surface area contributed by atoms with Crippen LogP contribution in [-0.2, 0) is 21.5 Å². The van der Waals surface area contributed by atoms with Crippen LogP contribution in [0.15, 0.2) is 12.3 Å². The minimum Gasteiger partial charge on any atom is -0.358 e. The molecule has 1 saturated heterocycles. The minimum atomic E-state index is -3.67. The van der Waals surface area contributed by atoms with Gasteiger partial charge in [-0.2, -0.15) is 12.7 Å². The van der Waals surface area contributed by atoms with Crippen molar-refractivity contribution >= 4 is 55.9 Å². The van der Waals surface area contributed by atoms with Gasteiger partial charge < -0.3 is 9.88 Å². The molecule has 2 N–H and O–H groups in total. The first-order valence-electron chi connectivity index (χ1n) is 7.77. The lowest BCUT2D eigenvalue weighted by Crippen LogP contribution is -2.54. The van der Waals surface area contributed by atoms with Crippen molar-refractivity contribution in [3.63, 3.8) is 0 Å². The third-order valence-electron chi connectivity index (χ3n) is 4.72. The predicted molar refractivity (Wildman–Crippen MR) is 97.0 cm³/mol. The van der Waals surface area contributed by atoms with Crippen molar-refractivity contribution in [1.82, 2.24) is 14.2 Å². The molecule has 2 aliphatic rings. The molecule has 134 valence electrons. The number of benzene rings is 1. The standard InChI is InChI=1S/C15H16Cl2N4O3S/c1-8(22)20-4-9(5-20)6-21-7-10-2-11(16)13-12(17)3-18-15(13)14(10)19-25(21,23)24/h2-3,9,18-19H,4-7H2,1H3. The number of hydrogen-bond donors (Lipinski definition) is 2. The van der Waals surface area contributed by atoms with E-state index in [2.05, 4.69) is 9.71 Å². The van der Waals surface area contributed by atoms with Gasteiger partial charge in [0.1, 0.15) is 0 Å². The molecular weight excluding hydrogens is 387 g/mol. The molecule has 0 aliphatic carbocycles. The van der Waals surface area contributed by atoms with Crippen LogP contribution in [0.25, 0.3) is 10.9 Å². The first kappa shape index (κ1) is 17.0. The van der Waals surface area contributed by atoms with Crippen molar-refractivity contribution in [3.8, 4) is 0 Å². The Morgan fingerprint density at radius 1 is 1.32 bits per heavy atom. The number of aromatic nitrogens is 1. The van der Waals surface area contributed by atoms with E-state index >= 15 is 0 Å². The van der Waals surface area contributed by atoms with E-state index in [0.29, 0.717) is 46.3 Å². The van der Waals surface area contributed by atoms with Crippen molar-refractivity contribution in [2.75, 3.05) is 24.4 Å². The normalized spacial score (nSPS) is 20.2. The number of aromatic amines is 1. The Kier molecular flexibility index (Phi) is 3.91. The molecule has 1 fully saturated rings. The Hall–Kier alpha value is -1.48. The number of likely N-dealkylation sites (tertiary alicyclic amines) is 1. The second kappa shape index (κ2) is 5.77. The first-order chi connectivity index (χ1) is 11.8. The quantitative estimate of drug-likeness (QED) is 0.808. The Morgan fingerprint density at radius 3 is 2.72 bits per heavy atom. The highest BCUT2D eigenvalue weighted by molar-refractivity contribution is 7.90. The maximum atomic E-state index is 12.6. The Labute approximate surface area is 155 Å². The number of halogens is 2. The molecule has 3 heterocycles. The molecule has 0 spiro atoms. The number of nitrogens with one attached hydrogen (secondary N) is 2. The summed E-state index contributed by atoms with van der Waals surface area (Å²) >= 11 is 12.4. The number of hydrogen-bond acceptors (Lipinski definition) is 3. The summed E-state index contributed by atoms with van der Waals surface area (Å²) in [6.07, 6.45) is 1.59. The zero-order chi connectivity index (χ0) is 17.9. The number of carbonyl (C=O) groups excluding carboxylic acids is 1. The van der Waals surface area contributed by atoms with Crippen LogP contribution in [0.4, 0.5) is 5.69 Å². The van der Waals surface area contributed by atoms with Gasteiger partial charge in [0.2, 0.25) is 5.91 Å². The van der Waals surface area contributed by atoms with E-state index in [1.807, 2.05) is 0 Å². The number of H-pyrrole nitrogens is 1. The van der Waals surface area contributed by atoms with Gasteiger partial charge in [-0.15, -0.1) is 0 Å². The van der Waals surface area contributed by atoms with Crippen LogP contribution in [0, 0.1) is 5.92 Å². The van der Waals surface area contributed by atoms with Crippen LogP contribution in [0.5, 0.6) is 0 Å². The molecule has 7 nitrogen and oxygen atoms in total. The van der Waals surface area contributed by atoms with Crippen LogP contribution in [0.3, 0.4) is 0 Å². The van der Waals surface area contributed by atoms with Crippen molar-refractivity contribution in [1.29, 1.82) is 0 Å². The molecule has 25 heavy (non-hydrogen) atoms. The number of rotatable bonds is 2. The fraction of sp³-hybridized carbons (Fsp3) is 0.400. The SMILES string of the molecule is CC(=O)N1CC(CN2Cc3cc(Cl)c4c(Cl)c[nH]c4c3NS2(=O)=O)C1. The van der Waals surface area contributed by atoms with Crippen molar-refractivity contribution in [2.24, 2.45) is 5.92 Å². The fourth-order valence-electron chi connectivity index (χ4n) is 3.39. The van der Waals surface area contributed by atoms with E-state index in [9.17, 15) is 13.2 Å². The van der Waals surface area contributed by atoms with E-state index in [4.69, 9.17) is 23.2 Å². The summed E-state index contributed by atoms with van der Waals surface area (Å²) in [7, 11) is -3.67. The van der Waals surface area contributed by atoms with Crippen LogP contribution >= 0.6 is 23.2 Å². The first-order valence-corrected chi connectivity index (χ1v) is 9.97. The Bertz CT molecular complexity index is 982. The monoisotopic (exact) mass is 402 g/mol. The van der Waals surface area contributed by atoms with Gasteiger partial charge in [-0.25, -0.2) is 0 Å². The van der Waals surface area contributed by atoms with Gasteiger partial charge in [-0.05, 0) is 11.6 Å². The molecule has 0 bridgehead atoms. The Balaban J connectivity index is 1.63. The number of carbonyl (C=O) groups is 1. The number of nitrogens with zero attached hydrogens (tertiary/aromatic N) is 2. The summed E-state index contributed by atoms with van der Waals surface area (Å²) in [6.45, 7) is 3.27. The number of anilines is 1. The molecule has 1 amide bonds. The molecule has 1 aromatic heterocycles. The van der Waals surface area contributed by atoms with Gasteiger partial charge in [-0.3, -0.25) is 9.52 Å². The molecule has 0 saturated carbocycles. The second-order valence-electron chi connectivity index (χ2n) is 6.47. The van der Waals surface area contributed by atoms with Crippen molar-refractivity contribution < 1.29 is 13.2 Å². The summed E-state index contributed by atoms with van der Waals surface area (Å²) in [6, 6.07) is 1.75. The van der Waals surface area contributed by atoms with Gasteiger partial charge in [0.25, 0.3) is 0 Å². The Morgan fingerprint density at radius 2 is 2.04 bits per heavy atom. The van der Waals surface area contributed by atoms with Gasteiger partial charge in [0.15, 0.2) is 0 Å². The van der Waals surface area contributed by atoms with Crippen molar-refractivity contribution in [3.05, 3.63) is 27.9 Å². The summed E-state index contributed by atoms with van der Waals surface area (Å²) in [5, 5.41) is 1.53. The third-order valence-corrected chi connectivity index (χ3v) is 6.74. The third kappa shape index (κ3) is 2.77. The maximum Gasteiger partial charge on any atom is 0.302 e. The number of fused-ring (bicyclic) bond motifs is 3. The lowest BCUT2D eigenvalue weighted by molar-refractivity contribution is -0.135. The molecule has 1 aromatic carbocycles. The highest BCUT2D eigenvalue weighted by Crippen LogP contribution is 2.40. The van der Waals surface area contributed by atoms with E-state index < -0.39 is 10.2 Å². The van der Waals surface area contributed by atoms with Crippen LogP contribution in [0.2, 0.25) is 10.0 Å². The average Bonchev–Trinajstić information content (AvgIpc) is 2.86. The fourth-order valence-corrected chi connectivity index (χ4v) is 5.35. The summed E-state index contributed by atoms with van der Waals surface area (Å²) in [4.78, 5) is 16.0. The van der Waals surface area contributed by atoms with Gasteiger partial charge in [0, 0.05) is 50.6 Å². The predicted octanol–water partition coefficient (Wildman–Crippen LogP) is 2.43. The van der Waals surface area contributed by atoms with E-state index in [1.165, 1.54) is 11.2 Å². The van der Waals surface area contributed by atoms with Crippen LogP contribution in [0.1, 0.15) is 12.5 Å². The van der Waals surface area contributed by atoms with Crippen molar-refractivity contribution in [2.45, 2.75) is 13.5 Å². The number of amides is 1. The van der Waals surface area contributed by atoms with Gasteiger partial charge in [-0.1, -0.05) is 23.2 Å². The maximum absolute atomic E-state index is 12.6. The molecule has 0 radical (unpaired) electrons. The second-order valence-corrected chi connectivity index (χ2v) is 8.95. The van der Waals surface area contributed by atoms with E-state index in [-0.39, 0.29) is 18.4 Å².